The van der Waals surface area contributed by atoms with Gasteiger partial charge in [-0.3, -0.25) is 0 Å². The summed E-state index contributed by atoms with van der Waals surface area (Å²) in [6.07, 6.45) is 0. The van der Waals surface area contributed by atoms with Crippen LogP contribution >= 0.6 is 11.3 Å². The van der Waals surface area contributed by atoms with Crippen molar-refractivity contribution in [3.8, 4) is 0 Å². The summed E-state index contributed by atoms with van der Waals surface area (Å²) >= 11 is 1.64. The molecule has 14 heavy (non-hydrogen) atoms. The summed E-state index contributed by atoms with van der Waals surface area (Å²) in [6, 6.07) is 0. The highest BCUT2D eigenvalue weighted by atomic mass is 32.1. The van der Waals surface area contributed by atoms with Crippen molar-refractivity contribution >= 4 is 21.7 Å². The van der Waals surface area contributed by atoms with Gasteiger partial charge in [0.05, 0.1) is 10.7 Å². The van der Waals surface area contributed by atoms with E-state index in [1.54, 1.807) is 11.3 Å². The zero-order valence-electron chi connectivity index (χ0n) is 8.83. The summed E-state index contributed by atoms with van der Waals surface area (Å²) in [7, 11) is 0. The summed E-state index contributed by atoms with van der Waals surface area (Å²) in [5.41, 5.74) is 1.94. The standard InChI is InChI=1S/C10H13N3S/c1-5(2)9-11-6(3)8-10(13-9)14-7(4)12-8/h5H,1-4H3. The van der Waals surface area contributed by atoms with Crippen LogP contribution in [0.15, 0.2) is 0 Å². The third-order valence-corrected chi connectivity index (χ3v) is 2.94. The smallest absolute Gasteiger partial charge is 0.147 e. The van der Waals surface area contributed by atoms with Gasteiger partial charge in [-0.05, 0) is 13.8 Å². The molecule has 2 heterocycles. The van der Waals surface area contributed by atoms with Gasteiger partial charge in [-0.25, -0.2) is 15.0 Å². The quantitative estimate of drug-likeness (QED) is 0.721. The van der Waals surface area contributed by atoms with E-state index < -0.39 is 0 Å². The number of fused-ring (bicyclic) bond motifs is 1. The van der Waals surface area contributed by atoms with E-state index in [0.717, 1.165) is 26.9 Å². The molecular weight excluding hydrogens is 194 g/mol. The Kier molecular flexibility index (Phi) is 2.23. The van der Waals surface area contributed by atoms with Crippen LogP contribution in [0.5, 0.6) is 0 Å². The molecule has 3 nitrogen and oxygen atoms in total. The number of hydrogen-bond acceptors (Lipinski definition) is 4. The van der Waals surface area contributed by atoms with Crippen LogP contribution in [0, 0.1) is 13.8 Å². The molecule has 0 aliphatic heterocycles. The van der Waals surface area contributed by atoms with Gasteiger partial charge in [-0.2, -0.15) is 0 Å². The molecule has 0 bridgehead atoms. The van der Waals surface area contributed by atoms with Crippen LogP contribution in [-0.2, 0) is 0 Å². The molecule has 0 saturated carbocycles. The summed E-state index contributed by atoms with van der Waals surface area (Å²) in [6.45, 7) is 8.21. The zero-order chi connectivity index (χ0) is 10.3. The molecule has 0 fully saturated rings. The Morgan fingerprint density at radius 3 is 2.43 bits per heavy atom. The predicted molar refractivity (Wildman–Crippen MR) is 58.8 cm³/mol. The molecule has 0 aliphatic rings. The fraction of sp³-hybridized carbons (Fsp3) is 0.500. The number of hydrogen-bond donors (Lipinski definition) is 0. The minimum absolute atomic E-state index is 0.375. The third-order valence-electron chi connectivity index (χ3n) is 2.07. The summed E-state index contributed by atoms with van der Waals surface area (Å²) in [4.78, 5) is 14.4. The van der Waals surface area contributed by atoms with Gasteiger partial charge in [0.25, 0.3) is 0 Å². The fourth-order valence-electron chi connectivity index (χ4n) is 1.34. The Labute approximate surface area is 87.2 Å². The van der Waals surface area contributed by atoms with E-state index in [1.807, 2.05) is 13.8 Å². The van der Waals surface area contributed by atoms with Gasteiger partial charge in [0.1, 0.15) is 16.2 Å². The minimum Gasteiger partial charge on any atom is -0.238 e. The van der Waals surface area contributed by atoms with E-state index in [9.17, 15) is 0 Å². The molecule has 0 aromatic carbocycles. The first kappa shape index (κ1) is 9.52. The fourth-order valence-corrected chi connectivity index (χ4v) is 2.19. The summed E-state index contributed by atoms with van der Waals surface area (Å²) < 4.78 is 0. The second-order valence-electron chi connectivity index (χ2n) is 3.71. The predicted octanol–water partition coefficient (Wildman–Crippen LogP) is 2.83. The Balaban J connectivity index is 2.71. The molecule has 0 amide bonds. The molecule has 0 atom stereocenters. The summed E-state index contributed by atoms with van der Waals surface area (Å²) in [5.74, 6) is 1.29. The molecule has 2 aromatic rings. The van der Waals surface area contributed by atoms with Crippen molar-refractivity contribution in [2.24, 2.45) is 0 Å². The van der Waals surface area contributed by atoms with Crippen LogP contribution in [0.3, 0.4) is 0 Å². The second kappa shape index (κ2) is 3.28. The molecule has 4 heteroatoms. The molecule has 0 aliphatic carbocycles. The number of rotatable bonds is 1. The van der Waals surface area contributed by atoms with Crippen molar-refractivity contribution < 1.29 is 0 Å². The first-order chi connectivity index (χ1) is 6.58. The number of thiazole rings is 1. The number of aryl methyl sites for hydroxylation is 2. The Bertz CT molecular complexity index is 473. The Morgan fingerprint density at radius 1 is 1.07 bits per heavy atom. The van der Waals surface area contributed by atoms with E-state index in [-0.39, 0.29) is 0 Å². The second-order valence-corrected chi connectivity index (χ2v) is 4.89. The lowest BCUT2D eigenvalue weighted by molar-refractivity contribution is 0.777. The van der Waals surface area contributed by atoms with Crippen molar-refractivity contribution in [3.05, 3.63) is 16.5 Å². The topological polar surface area (TPSA) is 38.7 Å². The van der Waals surface area contributed by atoms with Gasteiger partial charge in [0.2, 0.25) is 0 Å². The summed E-state index contributed by atoms with van der Waals surface area (Å²) in [5, 5.41) is 1.05. The zero-order valence-corrected chi connectivity index (χ0v) is 9.64. The van der Waals surface area contributed by atoms with Crippen molar-refractivity contribution in [2.45, 2.75) is 33.6 Å². The van der Waals surface area contributed by atoms with Gasteiger partial charge >= 0.3 is 0 Å². The van der Waals surface area contributed by atoms with E-state index >= 15 is 0 Å². The SMILES string of the molecule is Cc1nc2c(C)nc(C(C)C)nc2s1. The molecule has 74 valence electrons. The monoisotopic (exact) mass is 207 g/mol. The maximum atomic E-state index is 4.50. The average Bonchev–Trinajstić information content (AvgIpc) is 2.45. The van der Waals surface area contributed by atoms with Gasteiger partial charge in [0.15, 0.2) is 0 Å². The molecule has 0 radical (unpaired) electrons. The van der Waals surface area contributed by atoms with Crippen LogP contribution in [-0.4, -0.2) is 15.0 Å². The molecule has 0 N–H and O–H groups in total. The molecule has 0 unspecified atom stereocenters. The number of nitrogens with zero attached hydrogens (tertiary/aromatic N) is 3. The van der Waals surface area contributed by atoms with Gasteiger partial charge in [-0.1, -0.05) is 25.2 Å². The van der Waals surface area contributed by atoms with Crippen molar-refractivity contribution in [2.75, 3.05) is 0 Å². The Hall–Kier alpha value is -1.03. The highest BCUT2D eigenvalue weighted by Gasteiger charge is 2.10. The Morgan fingerprint density at radius 2 is 1.79 bits per heavy atom. The van der Waals surface area contributed by atoms with Crippen LogP contribution < -0.4 is 0 Å². The van der Waals surface area contributed by atoms with Crippen LogP contribution in [0.1, 0.15) is 36.3 Å². The largest absolute Gasteiger partial charge is 0.238 e. The van der Waals surface area contributed by atoms with E-state index in [1.165, 1.54) is 0 Å². The van der Waals surface area contributed by atoms with E-state index in [0.29, 0.717) is 5.92 Å². The lowest BCUT2D eigenvalue weighted by Crippen LogP contribution is -1.99. The normalized spacial score (nSPS) is 11.5. The third kappa shape index (κ3) is 1.50. The van der Waals surface area contributed by atoms with Crippen LogP contribution in [0.25, 0.3) is 10.3 Å². The maximum absolute atomic E-state index is 4.50. The minimum atomic E-state index is 0.375. The van der Waals surface area contributed by atoms with E-state index in [2.05, 4.69) is 28.8 Å². The van der Waals surface area contributed by atoms with Gasteiger partial charge in [-0.15, -0.1) is 0 Å². The lowest BCUT2D eigenvalue weighted by Gasteiger charge is -2.03. The lowest BCUT2D eigenvalue weighted by atomic mass is 10.2. The van der Waals surface area contributed by atoms with Crippen LogP contribution in [0.4, 0.5) is 0 Å². The average molecular weight is 207 g/mol. The van der Waals surface area contributed by atoms with Crippen molar-refractivity contribution in [3.63, 3.8) is 0 Å². The number of aromatic nitrogens is 3. The van der Waals surface area contributed by atoms with E-state index in [4.69, 9.17) is 0 Å². The van der Waals surface area contributed by atoms with Crippen molar-refractivity contribution in [1.82, 2.24) is 15.0 Å². The first-order valence-corrected chi connectivity index (χ1v) is 5.51. The highest BCUT2D eigenvalue weighted by molar-refractivity contribution is 7.18. The molecule has 0 spiro atoms. The first-order valence-electron chi connectivity index (χ1n) is 4.69. The van der Waals surface area contributed by atoms with Crippen LogP contribution in [0.2, 0.25) is 0 Å². The highest BCUT2D eigenvalue weighted by Crippen LogP contribution is 2.23. The molecule has 2 aromatic heterocycles. The molecular formula is C10H13N3S. The van der Waals surface area contributed by atoms with Gasteiger partial charge < -0.3 is 0 Å². The molecule has 2 rings (SSSR count). The van der Waals surface area contributed by atoms with Gasteiger partial charge in [0, 0.05) is 5.92 Å². The maximum Gasteiger partial charge on any atom is 0.147 e. The molecule has 0 saturated heterocycles. The van der Waals surface area contributed by atoms with Crippen molar-refractivity contribution in [1.29, 1.82) is 0 Å².